The highest BCUT2D eigenvalue weighted by atomic mass is 16.4. The van der Waals surface area contributed by atoms with Crippen LogP contribution in [0, 0.1) is 0 Å². The number of aliphatic carboxylic acids is 1. The molecule has 0 aliphatic carbocycles. The van der Waals surface area contributed by atoms with Crippen LogP contribution in [0.3, 0.4) is 0 Å². The lowest BCUT2D eigenvalue weighted by Crippen LogP contribution is -2.56. The molecule has 0 aromatic heterocycles. The molecule has 2 atom stereocenters. The topological polar surface area (TPSA) is 55.8 Å². The summed E-state index contributed by atoms with van der Waals surface area (Å²) in [6.07, 6.45) is 2.95. The Morgan fingerprint density at radius 2 is 1.90 bits per heavy atom. The molecule has 0 aromatic carbocycles. The Morgan fingerprint density at radius 1 is 1.38 bits per heavy atom. The molecule has 5 nitrogen and oxygen atoms in total. The van der Waals surface area contributed by atoms with Crippen LogP contribution in [0.25, 0.3) is 0 Å². The van der Waals surface area contributed by atoms with E-state index in [4.69, 9.17) is 0 Å². The van der Waals surface area contributed by atoms with Crippen molar-refractivity contribution < 1.29 is 9.90 Å². The maximum atomic E-state index is 11.6. The van der Waals surface area contributed by atoms with Crippen molar-refractivity contribution in [3.05, 3.63) is 0 Å². The van der Waals surface area contributed by atoms with Crippen LogP contribution in [-0.2, 0) is 4.79 Å². The normalized spacial score (nSPS) is 22.5. The van der Waals surface area contributed by atoms with Gasteiger partial charge in [-0.2, -0.15) is 0 Å². The van der Waals surface area contributed by atoms with Crippen molar-refractivity contribution in [3.8, 4) is 0 Å². The Hall–Kier alpha value is -0.650. The van der Waals surface area contributed by atoms with E-state index in [0.29, 0.717) is 12.5 Å². The average Bonchev–Trinajstić information content (AvgIpc) is 2.37. The summed E-state index contributed by atoms with van der Waals surface area (Å²) in [5, 5.41) is 12.8. The van der Waals surface area contributed by atoms with E-state index in [1.54, 1.807) is 6.92 Å². The molecule has 1 rings (SSSR count). The molecule has 2 unspecified atom stereocenters. The number of rotatable bonds is 7. The van der Waals surface area contributed by atoms with E-state index in [2.05, 4.69) is 36.1 Å². The molecule has 1 heterocycles. The van der Waals surface area contributed by atoms with Gasteiger partial charge >= 0.3 is 5.97 Å². The van der Waals surface area contributed by atoms with Gasteiger partial charge in [-0.05, 0) is 74.1 Å². The fourth-order valence-corrected chi connectivity index (χ4v) is 3.34. The molecule has 0 spiro atoms. The lowest BCUT2D eigenvalue weighted by atomic mass is 9.90. The van der Waals surface area contributed by atoms with Gasteiger partial charge in [-0.15, -0.1) is 0 Å². The van der Waals surface area contributed by atoms with Crippen molar-refractivity contribution in [3.63, 3.8) is 0 Å². The van der Waals surface area contributed by atoms with Crippen molar-refractivity contribution >= 4 is 5.97 Å². The van der Waals surface area contributed by atoms with Crippen LogP contribution in [0.1, 0.15) is 47.0 Å². The molecule has 0 radical (unpaired) electrons. The lowest BCUT2D eigenvalue weighted by Gasteiger charge is -2.41. The third-order valence-electron chi connectivity index (χ3n) is 4.74. The molecule has 1 aliphatic heterocycles. The maximum Gasteiger partial charge on any atom is 0.323 e. The monoisotopic (exact) mass is 299 g/mol. The molecule has 0 bridgehead atoms. The minimum absolute atomic E-state index is 0.159. The molecule has 1 aliphatic rings. The van der Waals surface area contributed by atoms with Gasteiger partial charge in [0.2, 0.25) is 0 Å². The second-order valence-electron chi connectivity index (χ2n) is 7.19. The predicted molar refractivity (Wildman–Crippen MR) is 86.7 cm³/mol. The third-order valence-corrected chi connectivity index (χ3v) is 4.74. The maximum absolute atomic E-state index is 11.6. The first-order chi connectivity index (χ1) is 9.65. The van der Waals surface area contributed by atoms with E-state index in [1.165, 1.54) is 12.8 Å². The number of carbonyl (C=O) groups is 1. The van der Waals surface area contributed by atoms with Gasteiger partial charge in [0.25, 0.3) is 0 Å². The van der Waals surface area contributed by atoms with Gasteiger partial charge in [0.05, 0.1) is 0 Å². The third kappa shape index (κ3) is 5.24. The van der Waals surface area contributed by atoms with E-state index in [-0.39, 0.29) is 12.1 Å². The summed E-state index contributed by atoms with van der Waals surface area (Å²) in [5.41, 5.74) is -0.868. The van der Waals surface area contributed by atoms with Crippen LogP contribution in [0.4, 0.5) is 0 Å². The standard InChI is InChI=1S/C16H33N3O2/c1-12(2)17-16(4,15(20)21)11-13(3)19(6)14-7-9-18(5)10-8-14/h12-14,17H,7-11H2,1-6H3,(H,20,21). The summed E-state index contributed by atoms with van der Waals surface area (Å²) in [7, 11) is 4.30. The molecule has 124 valence electrons. The second-order valence-corrected chi connectivity index (χ2v) is 7.19. The van der Waals surface area contributed by atoms with Gasteiger partial charge in [0.1, 0.15) is 5.54 Å². The van der Waals surface area contributed by atoms with E-state index < -0.39 is 11.5 Å². The van der Waals surface area contributed by atoms with Crippen LogP contribution >= 0.6 is 0 Å². The number of likely N-dealkylation sites (tertiary alicyclic amines) is 1. The first kappa shape index (κ1) is 18.4. The molecule has 1 saturated heterocycles. The number of hydrogen-bond donors (Lipinski definition) is 2. The van der Waals surface area contributed by atoms with E-state index >= 15 is 0 Å². The zero-order valence-corrected chi connectivity index (χ0v) is 14.5. The highest BCUT2D eigenvalue weighted by molar-refractivity contribution is 5.78. The summed E-state index contributed by atoms with van der Waals surface area (Å²) < 4.78 is 0. The molecule has 5 heteroatoms. The Bertz CT molecular complexity index is 340. The number of carboxylic acid groups (broad SMARTS) is 1. The van der Waals surface area contributed by atoms with Gasteiger partial charge in [0.15, 0.2) is 0 Å². The Labute approximate surface area is 129 Å². The Kier molecular flexibility index (Phi) is 6.63. The summed E-state index contributed by atoms with van der Waals surface area (Å²) in [6.45, 7) is 10.2. The highest BCUT2D eigenvalue weighted by Crippen LogP contribution is 2.22. The van der Waals surface area contributed by atoms with Gasteiger partial charge in [0, 0.05) is 18.1 Å². The summed E-state index contributed by atoms with van der Waals surface area (Å²) >= 11 is 0. The summed E-state index contributed by atoms with van der Waals surface area (Å²) in [5.74, 6) is -0.764. The largest absolute Gasteiger partial charge is 0.480 e. The zero-order chi connectivity index (χ0) is 16.2. The highest BCUT2D eigenvalue weighted by Gasteiger charge is 2.37. The Morgan fingerprint density at radius 3 is 2.33 bits per heavy atom. The van der Waals surface area contributed by atoms with Gasteiger partial charge in [-0.3, -0.25) is 10.1 Å². The first-order valence-electron chi connectivity index (χ1n) is 8.07. The molecular formula is C16H33N3O2. The fraction of sp³-hybridized carbons (Fsp3) is 0.938. The number of carboxylic acids is 1. The van der Waals surface area contributed by atoms with Crippen molar-refractivity contribution in [2.45, 2.75) is 70.6 Å². The van der Waals surface area contributed by atoms with Crippen molar-refractivity contribution in [1.29, 1.82) is 0 Å². The fourth-order valence-electron chi connectivity index (χ4n) is 3.34. The number of nitrogens with zero attached hydrogens (tertiary/aromatic N) is 2. The van der Waals surface area contributed by atoms with Gasteiger partial charge < -0.3 is 14.9 Å². The Balaban J connectivity index is 2.64. The molecule has 21 heavy (non-hydrogen) atoms. The SMILES string of the molecule is CC(C)NC(C)(CC(C)N(C)C1CCN(C)CC1)C(=O)O. The van der Waals surface area contributed by atoms with Gasteiger partial charge in [-0.1, -0.05) is 0 Å². The van der Waals surface area contributed by atoms with Crippen molar-refractivity contribution in [2.75, 3.05) is 27.2 Å². The minimum atomic E-state index is -0.868. The van der Waals surface area contributed by atoms with Crippen LogP contribution in [-0.4, -0.2) is 71.7 Å². The van der Waals surface area contributed by atoms with E-state index in [1.807, 2.05) is 13.8 Å². The van der Waals surface area contributed by atoms with E-state index in [0.717, 1.165) is 13.1 Å². The second kappa shape index (κ2) is 7.56. The lowest BCUT2D eigenvalue weighted by molar-refractivity contribution is -0.145. The van der Waals surface area contributed by atoms with Crippen LogP contribution in [0.15, 0.2) is 0 Å². The van der Waals surface area contributed by atoms with E-state index in [9.17, 15) is 9.90 Å². The molecule has 0 amide bonds. The quantitative estimate of drug-likeness (QED) is 0.748. The molecule has 1 fully saturated rings. The minimum Gasteiger partial charge on any atom is -0.480 e. The van der Waals surface area contributed by atoms with Crippen molar-refractivity contribution in [2.24, 2.45) is 0 Å². The number of hydrogen-bond acceptors (Lipinski definition) is 4. The van der Waals surface area contributed by atoms with Crippen LogP contribution in [0.2, 0.25) is 0 Å². The number of piperidine rings is 1. The molecule has 0 saturated carbocycles. The molecule has 0 aromatic rings. The number of nitrogens with one attached hydrogen (secondary N) is 1. The predicted octanol–water partition coefficient (Wildman–Crippen LogP) is 1.63. The molecule has 2 N–H and O–H groups in total. The van der Waals surface area contributed by atoms with Gasteiger partial charge in [-0.25, -0.2) is 0 Å². The van der Waals surface area contributed by atoms with Crippen LogP contribution < -0.4 is 5.32 Å². The van der Waals surface area contributed by atoms with Crippen molar-refractivity contribution in [1.82, 2.24) is 15.1 Å². The smallest absolute Gasteiger partial charge is 0.323 e. The molecular weight excluding hydrogens is 266 g/mol. The van der Waals surface area contributed by atoms with Crippen LogP contribution in [0.5, 0.6) is 0 Å². The zero-order valence-electron chi connectivity index (χ0n) is 14.5. The summed E-state index contributed by atoms with van der Waals surface area (Å²) in [6, 6.07) is 0.964. The average molecular weight is 299 g/mol. The first-order valence-corrected chi connectivity index (χ1v) is 8.07. The summed E-state index contributed by atoms with van der Waals surface area (Å²) in [4.78, 5) is 16.4.